The quantitative estimate of drug-likeness (QED) is 0.792. The summed E-state index contributed by atoms with van der Waals surface area (Å²) in [6, 6.07) is 6.17. The summed E-state index contributed by atoms with van der Waals surface area (Å²) < 4.78 is 37.9. The van der Waals surface area contributed by atoms with Gasteiger partial charge in [0, 0.05) is 24.7 Å². The zero-order chi connectivity index (χ0) is 19.4. The number of benzene rings is 1. The second-order valence-corrected chi connectivity index (χ2v) is 8.85. The van der Waals surface area contributed by atoms with Gasteiger partial charge in [0.15, 0.2) is 0 Å². The van der Waals surface area contributed by atoms with Gasteiger partial charge in [0.25, 0.3) is 5.91 Å². The standard InChI is InChI=1S/C19H28N2O5S/c1-3-21(4-2)27(23,24)16-8-5-14(6-9-16)19(22)20-15-7-10-17-18(13-15)26-12-11-25-17/h5-6,8-9,15,17-18H,3-4,7,10-13H2,1-2H3,(H,20,22)/t15-,17-,18+/m1/s1. The fraction of sp³-hybridized carbons (Fsp3) is 0.632. The van der Waals surface area contributed by atoms with Crippen molar-refractivity contribution < 1.29 is 22.7 Å². The van der Waals surface area contributed by atoms with Gasteiger partial charge in [-0.15, -0.1) is 0 Å². The first-order valence-corrected chi connectivity index (χ1v) is 11.0. The number of nitrogens with one attached hydrogen (secondary N) is 1. The number of hydrogen-bond acceptors (Lipinski definition) is 5. The Hall–Kier alpha value is -1.48. The van der Waals surface area contributed by atoms with E-state index in [1.165, 1.54) is 16.4 Å². The molecule has 1 heterocycles. The zero-order valence-electron chi connectivity index (χ0n) is 15.9. The summed E-state index contributed by atoms with van der Waals surface area (Å²) in [6.07, 6.45) is 2.64. The summed E-state index contributed by atoms with van der Waals surface area (Å²) >= 11 is 0. The van der Waals surface area contributed by atoms with E-state index in [-0.39, 0.29) is 29.1 Å². The minimum atomic E-state index is -3.51. The number of carbonyl (C=O) groups is 1. The van der Waals surface area contributed by atoms with Crippen LogP contribution in [0.15, 0.2) is 29.2 Å². The molecule has 1 aromatic rings. The van der Waals surface area contributed by atoms with Crippen LogP contribution in [0.1, 0.15) is 43.5 Å². The molecule has 1 N–H and O–H groups in total. The molecule has 0 bridgehead atoms. The van der Waals surface area contributed by atoms with Gasteiger partial charge < -0.3 is 14.8 Å². The average molecular weight is 397 g/mol. The highest BCUT2D eigenvalue weighted by molar-refractivity contribution is 7.89. The highest BCUT2D eigenvalue weighted by Gasteiger charge is 2.34. The van der Waals surface area contributed by atoms with Gasteiger partial charge in [-0.05, 0) is 43.5 Å². The summed E-state index contributed by atoms with van der Waals surface area (Å²) in [5, 5.41) is 3.04. The van der Waals surface area contributed by atoms with Gasteiger partial charge in [-0.2, -0.15) is 4.31 Å². The van der Waals surface area contributed by atoms with Crippen molar-refractivity contribution in [3.05, 3.63) is 29.8 Å². The lowest BCUT2D eigenvalue weighted by Crippen LogP contribution is -2.49. The van der Waals surface area contributed by atoms with E-state index in [4.69, 9.17) is 9.47 Å². The Morgan fingerprint density at radius 1 is 1.07 bits per heavy atom. The number of sulfonamides is 1. The zero-order valence-corrected chi connectivity index (χ0v) is 16.7. The maximum absolute atomic E-state index is 12.5. The van der Waals surface area contributed by atoms with Crippen molar-refractivity contribution in [1.82, 2.24) is 9.62 Å². The van der Waals surface area contributed by atoms with Crippen LogP contribution in [-0.4, -0.2) is 63.2 Å². The first-order chi connectivity index (χ1) is 13.0. The smallest absolute Gasteiger partial charge is 0.251 e. The lowest BCUT2D eigenvalue weighted by Gasteiger charge is -2.39. The van der Waals surface area contributed by atoms with E-state index in [1.807, 2.05) is 0 Å². The normalized spacial score (nSPS) is 25.8. The van der Waals surface area contributed by atoms with Crippen LogP contribution in [0.25, 0.3) is 0 Å². The SMILES string of the molecule is CCN(CC)S(=O)(=O)c1ccc(C(=O)N[C@@H]2CC[C@H]3OCCO[C@H]3C2)cc1. The van der Waals surface area contributed by atoms with Crippen LogP contribution in [0.3, 0.4) is 0 Å². The summed E-state index contributed by atoms with van der Waals surface area (Å²) in [5.74, 6) is -0.193. The Morgan fingerprint density at radius 3 is 2.33 bits per heavy atom. The fourth-order valence-electron chi connectivity index (χ4n) is 3.76. The molecule has 27 heavy (non-hydrogen) atoms. The molecule has 1 saturated heterocycles. The molecule has 2 fully saturated rings. The van der Waals surface area contributed by atoms with E-state index in [0.717, 1.165) is 19.3 Å². The second-order valence-electron chi connectivity index (χ2n) is 6.92. The Balaban J connectivity index is 1.62. The molecule has 3 rings (SSSR count). The number of carbonyl (C=O) groups excluding carboxylic acids is 1. The molecule has 0 aromatic heterocycles. The van der Waals surface area contributed by atoms with Gasteiger partial charge >= 0.3 is 0 Å². The highest BCUT2D eigenvalue weighted by atomic mass is 32.2. The Morgan fingerprint density at radius 2 is 1.70 bits per heavy atom. The molecule has 2 aliphatic rings. The number of fused-ring (bicyclic) bond motifs is 1. The Labute approximate surface area is 161 Å². The van der Waals surface area contributed by atoms with E-state index < -0.39 is 10.0 Å². The van der Waals surface area contributed by atoms with Crippen LogP contribution in [-0.2, 0) is 19.5 Å². The second kappa shape index (κ2) is 8.68. The van der Waals surface area contributed by atoms with E-state index in [1.54, 1.807) is 26.0 Å². The number of hydrogen-bond donors (Lipinski definition) is 1. The molecular formula is C19H28N2O5S. The summed E-state index contributed by atoms with van der Waals surface area (Å²) in [5.41, 5.74) is 0.455. The topological polar surface area (TPSA) is 84.9 Å². The predicted octanol–water partition coefficient (Wildman–Crippen LogP) is 1.78. The Bertz CT molecular complexity index is 746. The number of ether oxygens (including phenoxy) is 2. The molecule has 0 unspecified atom stereocenters. The molecular weight excluding hydrogens is 368 g/mol. The highest BCUT2D eigenvalue weighted by Crippen LogP contribution is 2.27. The minimum absolute atomic E-state index is 0.0411. The number of amides is 1. The van der Waals surface area contributed by atoms with Gasteiger partial charge in [-0.1, -0.05) is 13.8 Å². The average Bonchev–Trinajstić information content (AvgIpc) is 2.68. The third-order valence-corrected chi connectivity index (χ3v) is 7.34. The Kier molecular flexibility index (Phi) is 6.52. The molecule has 8 heteroatoms. The van der Waals surface area contributed by atoms with Crippen molar-refractivity contribution in [1.29, 1.82) is 0 Å². The van der Waals surface area contributed by atoms with Crippen LogP contribution in [0.2, 0.25) is 0 Å². The van der Waals surface area contributed by atoms with Gasteiger partial charge in [-0.25, -0.2) is 8.42 Å². The molecule has 150 valence electrons. The van der Waals surface area contributed by atoms with E-state index in [0.29, 0.717) is 31.9 Å². The van der Waals surface area contributed by atoms with Crippen LogP contribution >= 0.6 is 0 Å². The maximum Gasteiger partial charge on any atom is 0.251 e. The summed E-state index contributed by atoms with van der Waals surface area (Å²) in [7, 11) is -3.51. The first kappa shape index (κ1) is 20.3. The van der Waals surface area contributed by atoms with Crippen molar-refractivity contribution in [2.24, 2.45) is 0 Å². The molecule has 7 nitrogen and oxygen atoms in total. The third kappa shape index (κ3) is 4.51. The third-order valence-electron chi connectivity index (χ3n) is 5.27. The number of nitrogens with zero attached hydrogens (tertiary/aromatic N) is 1. The van der Waals surface area contributed by atoms with Crippen LogP contribution in [0.4, 0.5) is 0 Å². The van der Waals surface area contributed by atoms with Gasteiger partial charge in [-0.3, -0.25) is 4.79 Å². The van der Waals surface area contributed by atoms with Crippen molar-refractivity contribution in [3.63, 3.8) is 0 Å². The molecule has 1 aliphatic heterocycles. The van der Waals surface area contributed by atoms with Crippen LogP contribution in [0, 0.1) is 0 Å². The predicted molar refractivity (Wildman–Crippen MR) is 101 cm³/mol. The van der Waals surface area contributed by atoms with Gasteiger partial charge in [0.2, 0.25) is 10.0 Å². The molecule has 1 saturated carbocycles. The lowest BCUT2D eigenvalue weighted by molar-refractivity contribution is -0.157. The van der Waals surface area contributed by atoms with Gasteiger partial charge in [0.05, 0.1) is 30.3 Å². The van der Waals surface area contributed by atoms with E-state index in [9.17, 15) is 13.2 Å². The summed E-state index contributed by atoms with van der Waals surface area (Å²) in [4.78, 5) is 12.7. The van der Waals surface area contributed by atoms with Crippen molar-refractivity contribution in [3.8, 4) is 0 Å². The van der Waals surface area contributed by atoms with Crippen molar-refractivity contribution in [2.45, 2.75) is 56.3 Å². The fourth-order valence-corrected chi connectivity index (χ4v) is 5.22. The molecule has 3 atom stereocenters. The molecule has 0 spiro atoms. The summed E-state index contributed by atoms with van der Waals surface area (Å²) in [6.45, 7) is 5.68. The largest absolute Gasteiger partial charge is 0.373 e. The van der Waals surface area contributed by atoms with Crippen LogP contribution in [0.5, 0.6) is 0 Å². The van der Waals surface area contributed by atoms with Crippen LogP contribution < -0.4 is 5.32 Å². The molecule has 1 amide bonds. The molecule has 1 aliphatic carbocycles. The van der Waals surface area contributed by atoms with Crippen molar-refractivity contribution in [2.75, 3.05) is 26.3 Å². The van der Waals surface area contributed by atoms with Gasteiger partial charge in [0.1, 0.15) is 0 Å². The molecule has 0 radical (unpaired) electrons. The lowest BCUT2D eigenvalue weighted by atomic mass is 9.89. The minimum Gasteiger partial charge on any atom is -0.373 e. The maximum atomic E-state index is 12.5. The monoisotopic (exact) mass is 396 g/mol. The van der Waals surface area contributed by atoms with Crippen molar-refractivity contribution >= 4 is 15.9 Å². The molecule has 1 aromatic carbocycles. The van der Waals surface area contributed by atoms with E-state index >= 15 is 0 Å². The first-order valence-electron chi connectivity index (χ1n) is 9.60. The number of rotatable bonds is 6. The van der Waals surface area contributed by atoms with E-state index in [2.05, 4.69) is 5.32 Å².